The molecule has 1 unspecified atom stereocenters. The van der Waals surface area contributed by atoms with Gasteiger partial charge in [0.2, 0.25) is 0 Å². The summed E-state index contributed by atoms with van der Waals surface area (Å²) in [5.41, 5.74) is 5.86. The van der Waals surface area contributed by atoms with Crippen molar-refractivity contribution >= 4 is 5.97 Å². The van der Waals surface area contributed by atoms with Gasteiger partial charge in [-0.25, -0.2) is 0 Å². The first-order chi connectivity index (χ1) is 7.46. The first-order valence-electron chi connectivity index (χ1n) is 5.36. The summed E-state index contributed by atoms with van der Waals surface area (Å²) in [7, 11) is 0. The van der Waals surface area contributed by atoms with Crippen LogP contribution in [0.15, 0.2) is 0 Å². The second-order valence-corrected chi connectivity index (χ2v) is 3.24. The summed E-state index contributed by atoms with van der Waals surface area (Å²) >= 11 is 0. The van der Waals surface area contributed by atoms with Crippen molar-refractivity contribution in [2.45, 2.75) is 39.2 Å². The largest absolute Gasteiger partial charge is 0.481 e. The van der Waals surface area contributed by atoms with E-state index in [9.17, 15) is 4.79 Å². The molecule has 3 N–H and O–H groups in total. The molecule has 0 aromatic rings. The van der Waals surface area contributed by atoms with Crippen molar-refractivity contribution in [2.75, 3.05) is 19.8 Å². The van der Waals surface area contributed by atoms with Crippen LogP contribution in [0.2, 0.25) is 0 Å². The fourth-order valence-corrected chi connectivity index (χ4v) is 1.17. The molecule has 0 saturated heterocycles. The van der Waals surface area contributed by atoms with Crippen LogP contribution in [0.4, 0.5) is 0 Å². The maximum atomic E-state index is 10.3. The molecule has 0 bridgehead atoms. The van der Waals surface area contributed by atoms with E-state index < -0.39 is 18.0 Å². The molecule has 6 heteroatoms. The minimum absolute atomic E-state index is 0.0708. The summed E-state index contributed by atoms with van der Waals surface area (Å²) in [6.07, 6.45) is -0.606. The number of carboxylic acids is 1. The smallest absolute Gasteiger partial charge is 0.305 e. The van der Waals surface area contributed by atoms with Gasteiger partial charge >= 0.3 is 5.97 Å². The van der Waals surface area contributed by atoms with Gasteiger partial charge in [-0.1, -0.05) is 0 Å². The molecule has 0 aromatic heterocycles. The number of carbonyl (C=O) groups is 1. The van der Waals surface area contributed by atoms with Gasteiger partial charge in [0.25, 0.3) is 5.91 Å². The molecule has 1 atom stereocenters. The molecule has 0 amide bonds. The quantitative estimate of drug-likeness (QED) is 0.567. The fourth-order valence-electron chi connectivity index (χ4n) is 1.17. The average Bonchev–Trinajstić information content (AvgIpc) is 2.17. The molecule has 0 aromatic carbocycles. The van der Waals surface area contributed by atoms with E-state index in [2.05, 4.69) is 0 Å². The zero-order valence-corrected chi connectivity index (χ0v) is 10.1. The zero-order valence-electron chi connectivity index (χ0n) is 10.1. The van der Waals surface area contributed by atoms with Gasteiger partial charge in [-0.05, 0) is 20.8 Å². The highest BCUT2D eigenvalue weighted by Crippen LogP contribution is 2.15. The van der Waals surface area contributed by atoms with Crippen LogP contribution in [0, 0.1) is 0 Å². The SMILES string of the molecule is CCOC(N)(OCC)C(C)OCCC(=O)O. The van der Waals surface area contributed by atoms with Gasteiger partial charge in [0.15, 0.2) is 0 Å². The maximum absolute atomic E-state index is 10.3. The lowest BCUT2D eigenvalue weighted by atomic mass is 10.3. The highest BCUT2D eigenvalue weighted by atomic mass is 16.7. The van der Waals surface area contributed by atoms with Crippen LogP contribution in [0.1, 0.15) is 27.2 Å². The van der Waals surface area contributed by atoms with Crippen LogP contribution in [0.3, 0.4) is 0 Å². The van der Waals surface area contributed by atoms with E-state index in [0.29, 0.717) is 13.2 Å². The van der Waals surface area contributed by atoms with Crippen molar-refractivity contribution in [3.8, 4) is 0 Å². The van der Waals surface area contributed by atoms with Gasteiger partial charge < -0.3 is 19.3 Å². The topological polar surface area (TPSA) is 91.0 Å². The normalized spacial score (nSPS) is 13.8. The Morgan fingerprint density at radius 1 is 1.38 bits per heavy atom. The third-order valence-electron chi connectivity index (χ3n) is 1.99. The van der Waals surface area contributed by atoms with Crippen molar-refractivity contribution < 1.29 is 24.1 Å². The van der Waals surface area contributed by atoms with Gasteiger partial charge in [0.1, 0.15) is 6.10 Å². The zero-order chi connectivity index (χ0) is 12.6. The number of nitrogens with two attached hydrogens (primary N) is 1. The monoisotopic (exact) mass is 235 g/mol. The van der Waals surface area contributed by atoms with Gasteiger partial charge in [0.05, 0.1) is 13.0 Å². The lowest BCUT2D eigenvalue weighted by Gasteiger charge is -2.33. The summed E-state index contributed by atoms with van der Waals surface area (Å²) in [5, 5.41) is 8.46. The Hall–Kier alpha value is -0.690. The van der Waals surface area contributed by atoms with Crippen molar-refractivity contribution in [1.29, 1.82) is 0 Å². The predicted octanol–water partition coefficient (Wildman–Crippen LogP) is 0.552. The molecule has 16 heavy (non-hydrogen) atoms. The van der Waals surface area contributed by atoms with E-state index in [1.165, 1.54) is 0 Å². The van der Waals surface area contributed by atoms with E-state index in [-0.39, 0.29) is 13.0 Å². The number of hydrogen-bond acceptors (Lipinski definition) is 5. The van der Waals surface area contributed by atoms with E-state index in [4.69, 9.17) is 25.1 Å². The lowest BCUT2D eigenvalue weighted by Crippen LogP contribution is -2.55. The van der Waals surface area contributed by atoms with Gasteiger partial charge in [0, 0.05) is 13.2 Å². The Morgan fingerprint density at radius 2 is 1.88 bits per heavy atom. The molecule has 0 rings (SSSR count). The molecule has 0 radical (unpaired) electrons. The average molecular weight is 235 g/mol. The molecule has 0 aliphatic heterocycles. The van der Waals surface area contributed by atoms with Crippen LogP contribution in [-0.4, -0.2) is 42.9 Å². The predicted molar refractivity (Wildman–Crippen MR) is 57.8 cm³/mol. The standard InChI is InChI=1S/C10H21NO5/c1-4-15-10(11,16-5-2)8(3)14-7-6-9(12)13/h8H,4-7,11H2,1-3H3,(H,12,13). The molecule has 0 fully saturated rings. The molecule has 0 spiro atoms. The summed E-state index contributed by atoms with van der Waals surface area (Å²) in [6.45, 7) is 6.14. The number of aliphatic carboxylic acids is 1. The molecule has 6 nitrogen and oxygen atoms in total. The van der Waals surface area contributed by atoms with Crippen LogP contribution in [0.25, 0.3) is 0 Å². The molecule has 0 heterocycles. The van der Waals surface area contributed by atoms with E-state index in [0.717, 1.165) is 0 Å². The van der Waals surface area contributed by atoms with Crippen LogP contribution in [0.5, 0.6) is 0 Å². The summed E-state index contributed by atoms with van der Waals surface area (Å²) in [4.78, 5) is 10.3. The Morgan fingerprint density at radius 3 is 2.25 bits per heavy atom. The molecule has 0 aliphatic rings. The fraction of sp³-hybridized carbons (Fsp3) is 0.900. The highest BCUT2D eigenvalue weighted by molar-refractivity contribution is 5.66. The summed E-state index contributed by atoms with van der Waals surface area (Å²) in [5.74, 6) is -2.23. The Labute approximate surface area is 95.7 Å². The second-order valence-electron chi connectivity index (χ2n) is 3.24. The first-order valence-corrected chi connectivity index (χ1v) is 5.36. The highest BCUT2D eigenvalue weighted by Gasteiger charge is 2.34. The third-order valence-corrected chi connectivity index (χ3v) is 1.99. The minimum atomic E-state index is -1.32. The van der Waals surface area contributed by atoms with E-state index in [1.54, 1.807) is 20.8 Å². The van der Waals surface area contributed by atoms with E-state index >= 15 is 0 Å². The van der Waals surface area contributed by atoms with Crippen LogP contribution < -0.4 is 5.73 Å². The number of hydrogen-bond donors (Lipinski definition) is 2. The van der Waals surface area contributed by atoms with Crippen molar-refractivity contribution in [1.82, 2.24) is 0 Å². The molecule has 0 aliphatic carbocycles. The molecule has 96 valence electrons. The Kier molecular flexibility index (Phi) is 7.24. The van der Waals surface area contributed by atoms with Crippen molar-refractivity contribution in [3.63, 3.8) is 0 Å². The number of ether oxygens (including phenoxy) is 3. The minimum Gasteiger partial charge on any atom is -0.481 e. The third kappa shape index (κ3) is 5.41. The Bertz CT molecular complexity index is 203. The molecule has 0 saturated carbocycles. The van der Waals surface area contributed by atoms with Crippen LogP contribution >= 0.6 is 0 Å². The number of rotatable bonds is 9. The van der Waals surface area contributed by atoms with Gasteiger partial charge in [-0.15, -0.1) is 0 Å². The van der Waals surface area contributed by atoms with Crippen molar-refractivity contribution in [2.24, 2.45) is 5.73 Å². The Balaban J connectivity index is 4.15. The second kappa shape index (κ2) is 7.56. The maximum Gasteiger partial charge on any atom is 0.305 e. The first kappa shape index (κ1) is 15.3. The molecular formula is C10H21NO5. The lowest BCUT2D eigenvalue weighted by molar-refractivity contribution is -0.282. The van der Waals surface area contributed by atoms with Gasteiger partial charge in [-0.2, -0.15) is 0 Å². The van der Waals surface area contributed by atoms with Crippen LogP contribution in [-0.2, 0) is 19.0 Å². The summed E-state index contributed by atoms with van der Waals surface area (Å²) < 4.78 is 15.8. The summed E-state index contributed by atoms with van der Waals surface area (Å²) in [6, 6.07) is 0. The van der Waals surface area contributed by atoms with Gasteiger partial charge in [-0.3, -0.25) is 10.5 Å². The van der Waals surface area contributed by atoms with E-state index in [1.807, 2.05) is 0 Å². The number of carboxylic acid groups (broad SMARTS) is 1. The van der Waals surface area contributed by atoms with Crippen molar-refractivity contribution in [3.05, 3.63) is 0 Å². The molecular weight excluding hydrogens is 214 g/mol.